The first-order valence-electron chi connectivity index (χ1n) is 8.66. The van der Waals surface area contributed by atoms with Crippen LogP contribution in [0.25, 0.3) is 0 Å². The van der Waals surface area contributed by atoms with Crippen LogP contribution in [-0.4, -0.2) is 22.6 Å². The number of aryl methyl sites for hydroxylation is 1. The molecule has 132 valence electrons. The second-order valence-electron chi connectivity index (χ2n) is 6.10. The summed E-state index contributed by atoms with van der Waals surface area (Å²) < 4.78 is 0. The van der Waals surface area contributed by atoms with E-state index in [1.807, 2.05) is 49.4 Å². The van der Waals surface area contributed by atoms with E-state index in [1.165, 1.54) is 5.56 Å². The molecule has 3 rings (SSSR count). The largest absolute Gasteiger partial charge is 0.351 e. The number of hydrogen-bond acceptors (Lipinski definition) is 4. The Labute approximate surface area is 153 Å². The summed E-state index contributed by atoms with van der Waals surface area (Å²) in [7, 11) is 0. The quantitative estimate of drug-likeness (QED) is 0.731. The molecular weight excluding hydrogens is 324 g/mol. The molecule has 1 N–H and O–H groups in total. The van der Waals surface area contributed by atoms with E-state index in [0.29, 0.717) is 11.4 Å². The van der Waals surface area contributed by atoms with Gasteiger partial charge in [-0.2, -0.15) is 0 Å². The number of rotatable bonds is 6. The molecule has 0 aliphatic carbocycles. The van der Waals surface area contributed by atoms with E-state index in [0.717, 1.165) is 24.5 Å². The van der Waals surface area contributed by atoms with Gasteiger partial charge in [0.2, 0.25) is 0 Å². The van der Waals surface area contributed by atoms with Crippen LogP contribution in [-0.2, 0) is 6.54 Å². The summed E-state index contributed by atoms with van der Waals surface area (Å²) >= 11 is 0. The highest BCUT2D eigenvalue weighted by Crippen LogP contribution is 2.15. The Balaban J connectivity index is 1.68. The Bertz CT molecular complexity index is 863. The number of aromatic nitrogens is 2. The third-order valence-electron chi connectivity index (χ3n) is 4.09. The molecule has 0 saturated heterocycles. The number of nitrogens with one attached hydrogen (secondary N) is 1. The fourth-order valence-corrected chi connectivity index (χ4v) is 2.69. The van der Waals surface area contributed by atoms with E-state index in [-0.39, 0.29) is 5.91 Å². The lowest BCUT2D eigenvalue weighted by molar-refractivity contribution is 0.102. The Morgan fingerprint density at radius 1 is 1.00 bits per heavy atom. The van der Waals surface area contributed by atoms with Gasteiger partial charge in [0.1, 0.15) is 0 Å². The van der Waals surface area contributed by atoms with Crippen LogP contribution >= 0.6 is 0 Å². The highest BCUT2D eigenvalue weighted by Gasteiger charge is 2.10. The van der Waals surface area contributed by atoms with Crippen molar-refractivity contribution in [2.75, 3.05) is 16.8 Å². The zero-order chi connectivity index (χ0) is 18.4. The van der Waals surface area contributed by atoms with Crippen molar-refractivity contribution in [2.45, 2.75) is 20.4 Å². The molecule has 0 aliphatic rings. The minimum Gasteiger partial charge on any atom is -0.351 e. The zero-order valence-corrected chi connectivity index (χ0v) is 15.0. The third kappa shape index (κ3) is 4.45. The number of amides is 1. The summed E-state index contributed by atoms with van der Waals surface area (Å²) in [6.07, 6.45) is 0. The minimum absolute atomic E-state index is 0.188. The second-order valence-corrected chi connectivity index (χ2v) is 6.10. The predicted molar refractivity (Wildman–Crippen MR) is 104 cm³/mol. The second kappa shape index (κ2) is 8.25. The average Bonchev–Trinajstić information content (AvgIpc) is 2.67. The van der Waals surface area contributed by atoms with E-state index in [4.69, 9.17) is 0 Å². The molecule has 0 atom stereocenters. The van der Waals surface area contributed by atoms with Crippen molar-refractivity contribution >= 4 is 17.5 Å². The first-order valence-corrected chi connectivity index (χ1v) is 8.66. The number of nitrogens with zero attached hydrogens (tertiary/aromatic N) is 3. The Kier molecular flexibility index (Phi) is 5.59. The molecule has 0 bridgehead atoms. The van der Waals surface area contributed by atoms with Crippen molar-refractivity contribution in [2.24, 2.45) is 0 Å². The van der Waals surface area contributed by atoms with Crippen LogP contribution in [0.1, 0.15) is 28.4 Å². The fourth-order valence-electron chi connectivity index (χ4n) is 2.69. The lowest BCUT2D eigenvalue weighted by atomic mass is 10.1. The van der Waals surface area contributed by atoms with E-state index in [9.17, 15) is 4.79 Å². The maximum atomic E-state index is 12.3. The van der Waals surface area contributed by atoms with Crippen LogP contribution in [0, 0.1) is 6.92 Å². The summed E-state index contributed by atoms with van der Waals surface area (Å²) in [6, 6.07) is 21.3. The van der Waals surface area contributed by atoms with E-state index in [1.54, 1.807) is 12.1 Å². The van der Waals surface area contributed by atoms with E-state index < -0.39 is 0 Å². The van der Waals surface area contributed by atoms with Crippen molar-refractivity contribution in [3.63, 3.8) is 0 Å². The molecule has 0 fully saturated rings. The maximum absolute atomic E-state index is 12.3. The van der Waals surface area contributed by atoms with Crippen LogP contribution in [0.2, 0.25) is 0 Å². The molecule has 0 saturated carbocycles. The summed E-state index contributed by atoms with van der Waals surface area (Å²) in [5, 5.41) is 11.2. The molecule has 0 unspecified atom stereocenters. The van der Waals surface area contributed by atoms with Crippen molar-refractivity contribution in [1.82, 2.24) is 10.2 Å². The lowest BCUT2D eigenvalue weighted by Crippen LogP contribution is -2.23. The molecular formula is C21H22N4O. The monoisotopic (exact) mass is 346 g/mol. The molecule has 0 spiro atoms. The molecule has 3 aromatic rings. The minimum atomic E-state index is -0.188. The molecule has 26 heavy (non-hydrogen) atoms. The summed E-state index contributed by atoms with van der Waals surface area (Å²) in [5.41, 5.74) is 2.86. The van der Waals surface area contributed by atoms with E-state index in [2.05, 4.69) is 39.5 Å². The van der Waals surface area contributed by atoms with Gasteiger partial charge in [-0.1, -0.05) is 48.0 Å². The van der Waals surface area contributed by atoms with Crippen LogP contribution in [0.3, 0.4) is 0 Å². The number of hydrogen-bond donors (Lipinski definition) is 1. The smallest absolute Gasteiger partial charge is 0.256 e. The van der Waals surface area contributed by atoms with Gasteiger partial charge >= 0.3 is 0 Å². The van der Waals surface area contributed by atoms with Crippen molar-refractivity contribution < 1.29 is 4.79 Å². The van der Waals surface area contributed by atoms with Crippen LogP contribution in [0.5, 0.6) is 0 Å². The van der Waals surface area contributed by atoms with Gasteiger partial charge in [-0.25, -0.2) is 0 Å². The molecule has 1 aromatic heterocycles. The number of carbonyl (C=O) groups is 1. The van der Waals surface area contributed by atoms with Gasteiger partial charge < -0.3 is 10.2 Å². The highest BCUT2D eigenvalue weighted by atomic mass is 16.1. The highest BCUT2D eigenvalue weighted by molar-refractivity contribution is 6.03. The van der Waals surface area contributed by atoms with Gasteiger partial charge in [-0.3, -0.25) is 4.79 Å². The lowest BCUT2D eigenvalue weighted by Gasteiger charge is -2.21. The van der Waals surface area contributed by atoms with Crippen LogP contribution in [0.15, 0.2) is 66.7 Å². The van der Waals surface area contributed by atoms with Crippen molar-refractivity contribution in [1.29, 1.82) is 0 Å². The molecule has 5 nitrogen and oxygen atoms in total. The first kappa shape index (κ1) is 17.6. The van der Waals surface area contributed by atoms with Crippen molar-refractivity contribution in [3.05, 3.63) is 83.4 Å². The number of anilines is 2. The van der Waals surface area contributed by atoms with Crippen LogP contribution in [0.4, 0.5) is 11.6 Å². The normalized spacial score (nSPS) is 10.4. The number of benzene rings is 2. The molecule has 5 heteroatoms. The summed E-state index contributed by atoms with van der Waals surface area (Å²) in [5.74, 6) is 1.04. The Morgan fingerprint density at radius 2 is 1.81 bits per heavy atom. The molecule has 1 amide bonds. The third-order valence-corrected chi connectivity index (χ3v) is 4.09. The molecule has 1 heterocycles. The van der Waals surface area contributed by atoms with Gasteiger partial charge in [0, 0.05) is 18.7 Å². The summed E-state index contributed by atoms with van der Waals surface area (Å²) in [4.78, 5) is 14.4. The molecule has 0 aliphatic heterocycles. The van der Waals surface area contributed by atoms with Gasteiger partial charge in [0.25, 0.3) is 5.91 Å². The first-order chi connectivity index (χ1) is 12.7. The standard InChI is InChI=1S/C21H22N4O/c1-3-25(15-17-9-5-4-6-10-17)20-13-12-19(23-24-20)22-21(26)18-11-7-8-16(2)14-18/h4-14H,3,15H2,1-2H3,(H,22,23,26). The number of carbonyl (C=O) groups excluding carboxylic acids is 1. The van der Waals surface area contributed by atoms with Gasteiger partial charge in [-0.05, 0) is 43.7 Å². The van der Waals surface area contributed by atoms with Gasteiger partial charge in [0.05, 0.1) is 0 Å². The van der Waals surface area contributed by atoms with Gasteiger partial charge in [0.15, 0.2) is 11.6 Å². The Hall–Kier alpha value is -3.21. The van der Waals surface area contributed by atoms with E-state index >= 15 is 0 Å². The molecule has 2 aromatic carbocycles. The topological polar surface area (TPSA) is 58.1 Å². The summed E-state index contributed by atoms with van der Waals surface area (Å²) in [6.45, 7) is 5.62. The molecule has 0 radical (unpaired) electrons. The Morgan fingerprint density at radius 3 is 2.46 bits per heavy atom. The maximum Gasteiger partial charge on any atom is 0.256 e. The van der Waals surface area contributed by atoms with Crippen molar-refractivity contribution in [3.8, 4) is 0 Å². The predicted octanol–water partition coefficient (Wildman–Crippen LogP) is 4.06. The average molecular weight is 346 g/mol. The van der Waals surface area contributed by atoms with Crippen LogP contribution < -0.4 is 10.2 Å². The van der Waals surface area contributed by atoms with Gasteiger partial charge in [-0.15, -0.1) is 10.2 Å². The fraction of sp³-hybridized carbons (Fsp3) is 0.190. The SMILES string of the molecule is CCN(Cc1ccccc1)c1ccc(NC(=O)c2cccc(C)c2)nn1. The zero-order valence-electron chi connectivity index (χ0n) is 15.0.